The van der Waals surface area contributed by atoms with Crippen LogP contribution in [-0.4, -0.2) is 50.0 Å². The van der Waals surface area contributed by atoms with Gasteiger partial charge in [-0.25, -0.2) is 0 Å². The van der Waals surface area contributed by atoms with Crippen LogP contribution in [0, 0.1) is 11.8 Å². The van der Waals surface area contributed by atoms with Crippen LogP contribution in [0.1, 0.15) is 12.0 Å². The summed E-state index contributed by atoms with van der Waals surface area (Å²) in [5.74, 6) is 0.548. The van der Waals surface area contributed by atoms with E-state index in [9.17, 15) is 9.59 Å². The summed E-state index contributed by atoms with van der Waals surface area (Å²) in [5.41, 5.74) is 2.21. The molecular formula is C23H27N3O3. The van der Waals surface area contributed by atoms with E-state index in [4.69, 9.17) is 4.74 Å². The van der Waals surface area contributed by atoms with Crippen LogP contribution in [-0.2, 0) is 16.1 Å². The van der Waals surface area contributed by atoms with Crippen molar-refractivity contribution in [2.75, 3.05) is 38.2 Å². The number of rotatable bonds is 6. The number of amides is 2. The van der Waals surface area contributed by atoms with Crippen molar-refractivity contribution >= 4 is 17.5 Å². The molecule has 6 heteroatoms. The first-order valence-corrected chi connectivity index (χ1v) is 10.1. The van der Waals surface area contributed by atoms with Crippen molar-refractivity contribution in [2.24, 2.45) is 11.8 Å². The lowest BCUT2D eigenvalue weighted by atomic mass is 10.2. The first-order valence-electron chi connectivity index (χ1n) is 10.1. The van der Waals surface area contributed by atoms with Gasteiger partial charge in [0.05, 0.1) is 18.9 Å². The van der Waals surface area contributed by atoms with Crippen molar-refractivity contribution in [2.45, 2.75) is 13.0 Å². The number of methoxy groups -OCH3 is 1. The molecule has 29 heavy (non-hydrogen) atoms. The van der Waals surface area contributed by atoms with E-state index in [1.807, 2.05) is 47.4 Å². The minimum atomic E-state index is -0.187. The van der Waals surface area contributed by atoms with Crippen LogP contribution in [0.3, 0.4) is 0 Å². The molecule has 0 aromatic heterocycles. The van der Waals surface area contributed by atoms with E-state index >= 15 is 0 Å². The minimum Gasteiger partial charge on any atom is -0.497 e. The van der Waals surface area contributed by atoms with E-state index in [-0.39, 0.29) is 23.7 Å². The molecule has 0 spiro atoms. The Kier molecular flexibility index (Phi) is 5.69. The molecule has 2 aliphatic rings. The normalized spacial score (nSPS) is 20.9. The highest BCUT2D eigenvalue weighted by atomic mass is 16.5. The molecule has 2 amide bonds. The SMILES string of the molecule is COc1ccc(CNC(=O)C2CC2C(=O)N2CCN(c3ccccc3)CC2)cc1. The van der Waals surface area contributed by atoms with Gasteiger partial charge >= 0.3 is 0 Å². The quantitative estimate of drug-likeness (QED) is 0.818. The topological polar surface area (TPSA) is 61.9 Å². The molecule has 0 bridgehead atoms. The highest BCUT2D eigenvalue weighted by Crippen LogP contribution is 2.40. The number of piperazine rings is 1. The number of hydrogen-bond acceptors (Lipinski definition) is 4. The van der Waals surface area contributed by atoms with Crippen molar-refractivity contribution in [3.05, 3.63) is 60.2 Å². The Bertz CT molecular complexity index is 845. The Balaban J connectivity index is 1.22. The number of benzene rings is 2. The van der Waals surface area contributed by atoms with Crippen LogP contribution in [0.4, 0.5) is 5.69 Å². The number of hydrogen-bond donors (Lipinski definition) is 1. The Labute approximate surface area is 171 Å². The van der Waals surface area contributed by atoms with Gasteiger partial charge in [-0.3, -0.25) is 9.59 Å². The van der Waals surface area contributed by atoms with E-state index in [1.165, 1.54) is 5.69 Å². The third kappa shape index (κ3) is 4.53. The third-order valence-corrected chi connectivity index (χ3v) is 5.78. The van der Waals surface area contributed by atoms with Crippen LogP contribution in [0.25, 0.3) is 0 Å². The fourth-order valence-corrected chi connectivity index (χ4v) is 3.88. The van der Waals surface area contributed by atoms with Gasteiger partial charge in [-0.2, -0.15) is 0 Å². The van der Waals surface area contributed by atoms with Gasteiger partial charge in [0, 0.05) is 38.4 Å². The molecule has 1 heterocycles. The second-order valence-electron chi connectivity index (χ2n) is 7.66. The van der Waals surface area contributed by atoms with Crippen LogP contribution in [0.2, 0.25) is 0 Å². The maximum absolute atomic E-state index is 12.8. The largest absolute Gasteiger partial charge is 0.497 e. The molecule has 4 rings (SSSR count). The summed E-state index contributed by atoms with van der Waals surface area (Å²) in [6, 6.07) is 17.9. The predicted octanol–water partition coefficient (Wildman–Crippen LogP) is 2.30. The van der Waals surface area contributed by atoms with Crippen LogP contribution in [0.15, 0.2) is 54.6 Å². The average molecular weight is 393 g/mol. The van der Waals surface area contributed by atoms with Crippen molar-refractivity contribution in [3.63, 3.8) is 0 Å². The van der Waals surface area contributed by atoms with Crippen LogP contribution >= 0.6 is 0 Å². The lowest BCUT2D eigenvalue weighted by Gasteiger charge is -2.36. The fourth-order valence-electron chi connectivity index (χ4n) is 3.88. The molecule has 6 nitrogen and oxygen atoms in total. The molecule has 2 aromatic rings. The van der Waals surface area contributed by atoms with Gasteiger partial charge in [0.15, 0.2) is 0 Å². The van der Waals surface area contributed by atoms with Crippen LogP contribution in [0.5, 0.6) is 5.75 Å². The average Bonchev–Trinajstić information content (AvgIpc) is 3.59. The minimum absolute atomic E-state index is 0.0258. The van der Waals surface area contributed by atoms with Gasteiger partial charge < -0.3 is 19.9 Å². The molecule has 1 saturated heterocycles. The molecule has 2 fully saturated rings. The summed E-state index contributed by atoms with van der Waals surface area (Å²) in [5, 5.41) is 2.96. The van der Waals surface area contributed by atoms with Gasteiger partial charge in [-0.15, -0.1) is 0 Å². The Morgan fingerprint density at radius 1 is 0.966 bits per heavy atom. The summed E-state index contributed by atoms with van der Waals surface area (Å²) in [6.45, 7) is 3.55. The Morgan fingerprint density at radius 3 is 2.31 bits per heavy atom. The monoisotopic (exact) mass is 393 g/mol. The molecule has 1 N–H and O–H groups in total. The summed E-state index contributed by atoms with van der Waals surface area (Å²) < 4.78 is 5.14. The summed E-state index contributed by atoms with van der Waals surface area (Å²) in [6.07, 6.45) is 0.659. The zero-order valence-electron chi connectivity index (χ0n) is 16.7. The Morgan fingerprint density at radius 2 is 1.66 bits per heavy atom. The maximum Gasteiger partial charge on any atom is 0.226 e. The number of nitrogens with zero attached hydrogens (tertiary/aromatic N) is 2. The summed E-state index contributed by atoms with van der Waals surface area (Å²) in [4.78, 5) is 29.4. The van der Waals surface area contributed by atoms with Gasteiger partial charge in [0.2, 0.25) is 11.8 Å². The summed E-state index contributed by atoms with van der Waals surface area (Å²) in [7, 11) is 1.63. The second-order valence-corrected chi connectivity index (χ2v) is 7.66. The number of carbonyl (C=O) groups excluding carboxylic acids is 2. The van der Waals surface area contributed by atoms with E-state index in [0.29, 0.717) is 26.1 Å². The second kappa shape index (κ2) is 8.55. The predicted molar refractivity (Wildman–Crippen MR) is 112 cm³/mol. The van der Waals surface area contributed by atoms with Crippen molar-refractivity contribution in [3.8, 4) is 5.75 Å². The maximum atomic E-state index is 12.8. The number of ether oxygens (including phenoxy) is 1. The van der Waals surface area contributed by atoms with Crippen molar-refractivity contribution in [1.29, 1.82) is 0 Å². The van der Waals surface area contributed by atoms with Gasteiger partial charge in [-0.05, 0) is 36.2 Å². The Hall–Kier alpha value is -3.02. The fraction of sp³-hybridized carbons (Fsp3) is 0.391. The van der Waals surface area contributed by atoms with E-state index < -0.39 is 0 Å². The standard InChI is InChI=1S/C23H27N3O3/c1-29-19-9-7-17(8-10-19)16-24-22(27)20-15-21(20)23(28)26-13-11-25(12-14-26)18-5-3-2-4-6-18/h2-10,20-21H,11-16H2,1H3,(H,24,27). The lowest BCUT2D eigenvalue weighted by Crippen LogP contribution is -2.49. The number of carbonyl (C=O) groups is 2. The van der Waals surface area contributed by atoms with E-state index in [0.717, 1.165) is 24.4 Å². The molecule has 0 radical (unpaired) electrons. The molecule has 152 valence electrons. The number of para-hydroxylation sites is 1. The summed E-state index contributed by atoms with van der Waals surface area (Å²) >= 11 is 0. The zero-order chi connectivity index (χ0) is 20.2. The van der Waals surface area contributed by atoms with Gasteiger partial charge in [-0.1, -0.05) is 30.3 Å². The van der Waals surface area contributed by atoms with Crippen molar-refractivity contribution < 1.29 is 14.3 Å². The van der Waals surface area contributed by atoms with Gasteiger partial charge in [0.25, 0.3) is 0 Å². The first-order chi connectivity index (χ1) is 14.2. The highest BCUT2D eigenvalue weighted by Gasteiger charge is 2.49. The van der Waals surface area contributed by atoms with Crippen LogP contribution < -0.4 is 15.0 Å². The lowest BCUT2D eigenvalue weighted by molar-refractivity contribution is -0.135. The first kappa shape index (κ1) is 19.3. The van der Waals surface area contributed by atoms with E-state index in [2.05, 4.69) is 22.3 Å². The number of anilines is 1. The molecular weight excluding hydrogens is 366 g/mol. The zero-order valence-corrected chi connectivity index (χ0v) is 16.7. The molecule has 2 atom stereocenters. The van der Waals surface area contributed by atoms with Crippen molar-refractivity contribution in [1.82, 2.24) is 10.2 Å². The molecule has 2 aromatic carbocycles. The van der Waals surface area contributed by atoms with Gasteiger partial charge in [0.1, 0.15) is 5.75 Å². The number of nitrogens with one attached hydrogen (secondary N) is 1. The molecule has 2 unspecified atom stereocenters. The molecule has 1 saturated carbocycles. The molecule has 1 aliphatic heterocycles. The highest BCUT2D eigenvalue weighted by molar-refractivity contribution is 5.92. The molecule has 1 aliphatic carbocycles. The third-order valence-electron chi connectivity index (χ3n) is 5.78. The smallest absolute Gasteiger partial charge is 0.226 e. The van der Waals surface area contributed by atoms with E-state index in [1.54, 1.807) is 7.11 Å².